The molecule has 0 bridgehead atoms. The molecule has 0 aliphatic heterocycles. The zero-order valence-electron chi connectivity index (χ0n) is 24.9. The number of thiophene rings is 1. The lowest BCUT2D eigenvalue weighted by atomic mass is 10.0. The van der Waals surface area contributed by atoms with E-state index in [4.69, 9.17) is 24.9 Å². The third-order valence-corrected chi connectivity index (χ3v) is 9.43. The third kappa shape index (κ3) is 4.81. The van der Waals surface area contributed by atoms with Gasteiger partial charge < -0.3 is 0 Å². The van der Waals surface area contributed by atoms with Crippen molar-refractivity contribution in [2.75, 3.05) is 0 Å². The first kappa shape index (κ1) is 27.2. The van der Waals surface area contributed by atoms with Gasteiger partial charge in [0.25, 0.3) is 0 Å². The van der Waals surface area contributed by atoms with Gasteiger partial charge in [-0.1, -0.05) is 115 Å². The molecule has 0 saturated carbocycles. The number of hydrogen-bond acceptors (Lipinski definition) is 7. The molecule has 0 unspecified atom stereocenters. The van der Waals surface area contributed by atoms with E-state index < -0.39 is 0 Å². The summed E-state index contributed by atoms with van der Waals surface area (Å²) in [6.07, 6.45) is 1.78. The minimum absolute atomic E-state index is 0.630. The van der Waals surface area contributed by atoms with Gasteiger partial charge in [-0.15, -0.1) is 11.3 Å². The van der Waals surface area contributed by atoms with Gasteiger partial charge in [-0.25, -0.2) is 29.9 Å². The number of hydrogen-bond donors (Lipinski definition) is 0. The zero-order chi connectivity index (χ0) is 31.2. The minimum Gasteiger partial charge on any atom is -0.236 e. The molecule has 5 aromatic carbocycles. The third-order valence-electron chi connectivity index (χ3n) is 8.22. The van der Waals surface area contributed by atoms with Crippen molar-refractivity contribution in [3.05, 3.63) is 146 Å². The molecule has 0 fully saturated rings. The number of benzene rings is 5. The Labute approximate surface area is 274 Å². The molecule has 0 N–H and O–H groups in total. The van der Waals surface area contributed by atoms with E-state index in [9.17, 15) is 0 Å². The Bertz CT molecular complexity index is 2510. The van der Waals surface area contributed by atoms with E-state index >= 15 is 0 Å². The summed E-state index contributed by atoms with van der Waals surface area (Å²) in [5, 5.41) is 3.12. The quantitative estimate of drug-likeness (QED) is 0.191. The molecule has 4 heterocycles. The molecule has 9 rings (SSSR count). The van der Waals surface area contributed by atoms with Gasteiger partial charge >= 0.3 is 0 Å². The molecule has 7 heteroatoms. The van der Waals surface area contributed by atoms with Crippen LogP contribution < -0.4 is 0 Å². The summed E-state index contributed by atoms with van der Waals surface area (Å²) in [4.78, 5) is 29.7. The van der Waals surface area contributed by atoms with Crippen LogP contribution in [0.3, 0.4) is 0 Å². The summed E-state index contributed by atoms with van der Waals surface area (Å²) in [6, 6.07) is 47.0. The maximum Gasteiger partial charge on any atom is 0.164 e. The number of nitrogens with zero attached hydrogens (tertiary/aromatic N) is 6. The molecule has 220 valence electrons. The van der Waals surface area contributed by atoms with Crippen molar-refractivity contribution in [3.8, 4) is 56.8 Å². The fraction of sp³-hybridized carbons (Fsp3) is 0. The van der Waals surface area contributed by atoms with E-state index in [-0.39, 0.29) is 0 Å². The molecule has 0 atom stereocenters. The molecular weight excluding hydrogens is 597 g/mol. The van der Waals surface area contributed by atoms with Gasteiger partial charge in [0.1, 0.15) is 0 Å². The van der Waals surface area contributed by atoms with Crippen LogP contribution in [0.1, 0.15) is 0 Å². The van der Waals surface area contributed by atoms with Crippen LogP contribution >= 0.6 is 11.3 Å². The summed E-state index contributed by atoms with van der Waals surface area (Å²) < 4.78 is 2.24. The predicted octanol–water partition coefficient (Wildman–Crippen LogP) is 9.91. The van der Waals surface area contributed by atoms with E-state index in [0.29, 0.717) is 28.9 Å². The lowest BCUT2D eigenvalue weighted by molar-refractivity contribution is 1.08. The van der Waals surface area contributed by atoms with Crippen molar-refractivity contribution >= 4 is 42.5 Å². The maximum atomic E-state index is 5.16. The molecule has 0 radical (unpaired) electrons. The number of aromatic nitrogens is 6. The number of fused-ring (bicyclic) bond motifs is 4. The molecule has 6 nitrogen and oxygen atoms in total. The second-order valence-corrected chi connectivity index (χ2v) is 12.2. The molecule has 4 aromatic heterocycles. The van der Waals surface area contributed by atoms with E-state index in [1.54, 1.807) is 17.5 Å². The van der Waals surface area contributed by atoms with Gasteiger partial charge in [-0.3, -0.25) is 0 Å². The Morgan fingerprint density at radius 1 is 0.404 bits per heavy atom. The average molecular weight is 621 g/mol. The maximum absolute atomic E-state index is 5.16. The average Bonchev–Trinajstić information content (AvgIpc) is 3.54. The molecule has 0 saturated heterocycles. The van der Waals surface area contributed by atoms with E-state index in [0.717, 1.165) is 59.1 Å². The monoisotopic (exact) mass is 620 g/mol. The largest absolute Gasteiger partial charge is 0.236 e. The smallest absolute Gasteiger partial charge is 0.164 e. The van der Waals surface area contributed by atoms with Crippen molar-refractivity contribution in [1.82, 2.24) is 29.9 Å². The number of rotatable bonds is 5. The molecule has 0 aliphatic carbocycles. The Balaban J connectivity index is 1.27. The Morgan fingerprint density at radius 3 is 1.68 bits per heavy atom. The fourth-order valence-electron chi connectivity index (χ4n) is 6.04. The van der Waals surface area contributed by atoms with Crippen LogP contribution in [0.25, 0.3) is 88.0 Å². The van der Waals surface area contributed by atoms with Crippen molar-refractivity contribution in [1.29, 1.82) is 0 Å². The predicted molar refractivity (Wildman–Crippen MR) is 191 cm³/mol. The van der Waals surface area contributed by atoms with Gasteiger partial charge in [-0.2, -0.15) is 0 Å². The summed E-state index contributed by atoms with van der Waals surface area (Å²) in [5.74, 6) is 2.55. The fourth-order valence-corrected chi connectivity index (χ4v) is 7.28. The van der Waals surface area contributed by atoms with Gasteiger partial charge in [0.05, 0.1) is 5.69 Å². The molecule has 0 spiro atoms. The first-order valence-corrected chi connectivity index (χ1v) is 16.1. The van der Waals surface area contributed by atoms with E-state index in [1.165, 1.54) is 0 Å². The van der Waals surface area contributed by atoms with Crippen LogP contribution in [-0.4, -0.2) is 29.9 Å². The molecule has 0 amide bonds. The second-order valence-electron chi connectivity index (χ2n) is 11.1. The van der Waals surface area contributed by atoms with E-state index in [1.807, 2.05) is 91.0 Å². The molecule has 0 aliphatic rings. The van der Waals surface area contributed by atoms with Crippen molar-refractivity contribution < 1.29 is 0 Å². The number of pyridine rings is 1. The standard InChI is InChI=1S/C40H24N6S/c1-4-13-25(14-5-1)34-30-22-12-24-41-38(30)46-40(42-34)31-21-10-19-28-33-29(20-11-23-32(33)47-35(28)31)39-44-36(26-15-6-2-7-16-26)43-37(45-39)27-17-8-3-9-18-27/h1-24H. The first-order valence-electron chi connectivity index (χ1n) is 15.3. The van der Waals surface area contributed by atoms with Crippen LogP contribution in [0.5, 0.6) is 0 Å². The van der Waals surface area contributed by atoms with Crippen LogP contribution in [0.4, 0.5) is 0 Å². The topological polar surface area (TPSA) is 77.3 Å². The normalized spacial score (nSPS) is 11.4. The minimum atomic E-state index is 0.630. The van der Waals surface area contributed by atoms with Gasteiger partial charge in [0.2, 0.25) is 0 Å². The summed E-state index contributed by atoms with van der Waals surface area (Å²) >= 11 is 1.73. The molecular formula is C40H24N6S. The highest BCUT2D eigenvalue weighted by atomic mass is 32.1. The SMILES string of the molecule is c1ccc(-c2nc(-c3ccccc3)nc(-c3cccc4sc5c(-c6nc(-c7ccccc7)c7cccnc7n6)cccc5c34)n2)cc1. The Hall–Kier alpha value is -6.18. The first-order chi connectivity index (χ1) is 23.3. The van der Waals surface area contributed by atoms with Gasteiger partial charge in [0, 0.05) is 59.6 Å². The summed E-state index contributed by atoms with van der Waals surface area (Å²) in [5.41, 5.74) is 6.35. The van der Waals surface area contributed by atoms with Crippen molar-refractivity contribution in [2.24, 2.45) is 0 Å². The van der Waals surface area contributed by atoms with E-state index in [2.05, 4.69) is 53.5 Å². The Kier molecular flexibility index (Phi) is 6.54. The van der Waals surface area contributed by atoms with Crippen LogP contribution in [0.2, 0.25) is 0 Å². The van der Waals surface area contributed by atoms with Crippen LogP contribution in [0.15, 0.2) is 146 Å². The summed E-state index contributed by atoms with van der Waals surface area (Å²) in [6.45, 7) is 0. The van der Waals surface area contributed by atoms with Gasteiger partial charge in [0.15, 0.2) is 28.9 Å². The van der Waals surface area contributed by atoms with Crippen LogP contribution in [-0.2, 0) is 0 Å². The zero-order valence-corrected chi connectivity index (χ0v) is 25.8. The molecule has 9 aromatic rings. The Morgan fingerprint density at radius 2 is 0.979 bits per heavy atom. The highest BCUT2D eigenvalue weighted by Crippen LogP contribution is 2.43. The van der Waals surface area contributed by atoms with Crippen molar-refractivity contribution in [2.45, 2.75) is 0 Å². The van der Waals surface area contributed by atoms with Crippen LogP contribution in [0, 0.1) is 0 Å². The lowest BCUT2D eigenvalue weighted by Crippen LogP contribution is -2.00. The highest BCUT2D eigenvalue weighted by molar-refractivity contribution is 7.26. The second kappa shape index (κ2) is 11.3. The molecule has 47 heavy (non-hydrogen) atoms. The highest BCUT2D eigenvalue weighted by Gasteiger charge is 2.20. The lowest BCUT2D eigenvalue weighted by Gasteiger charge is -2.10. The van der Waals surface area contributed by atoms with Gasteiger partial charge in [-0.05, 0) is 24.3 Å². The summed E-state index contributed by atoms with van der Waals surface area (Å²) in [7, 11) is 0. The van der Waals surface area contributed by atoms with Crippen molar-refractivity contribution in [3.63, 3.8) is 0 Å².